The van der Waals surface area contributed by atoms with Gasteiger partial charge >= 0.3 is 0 Å². The van der Waals surface area contributed by atoms with Gasteiger partial charge in [0.05, 0.1) is 0 Å². The minimum Gasteiger partial charge on any atom is -0.382 e. The van der Waals surface area contributed by atoms with Crippen LogP contribution in [0.2, 0.25) is 0 Å². The molecule has 4 nitrogen and oxygen atoms in total. The molecule has 2 atom stereocenters. The highest BCUT2D eigenvalue weighted by Gasteiger charge is 2.18. The molecule has 2 unspecified atom stereocenters. The number of carbonyl (C=O) groups excluding carboxylic acids is 1. The molecular weight excluding hydrogens is 252 g/mol. The van der Waals surface area contributed by atoms with Crippen LogP contribution < -0.4 is 10.6 Å². The first kappa shape index (κ1) is 14.9. The van der Waals surface area contributed by atoms with Gasteiger partial charge < -0.3 is 15.4 Å². The number of nitrogens with one attached hydrogen (secondary N) is 2. The maximum absolute atomic E-state index is 11.5. The summed E-state index contributed by atoms with van der Waals surface area (Å²) < 4.78 is 4.81. The smallest absolute Gasteiger partial charge is 0.250 e. The fraction of sp³-hybridized carbons (Fsp3) is 0.562. The fourth-order valence-electron chi connectivity index (χ4n) is 2.82. The van der Waals surface area contributed by atoms with Gasteiger partial charge in [-0.1, -0.05) is 25.8 Å². The molecule has 1 aliphatic rings. The molecule has 0 radical (unpaired) electrons. The van der Waals surface area contributed by atoms with E-state index >= 15 is 0 Å². The fourth-order valence-corrected chi connectivity index (χ4v) is 2.82. The number of methoxy groups -OCH3 is 1. The zero-order valence-electron chi connectivity index (χ0n) is 12.3. The first-order valence-electron chi connectivity index (χ1n) is 7.32. The Hall–Kier alpha value is -1.55. The number of hydrogen-bond donors (Lipinski definition) is 2. The minimum atomic E-state index is -0.129. The molecule has 1 amide bonds. The summed E-state index contributed by atoms with van der Waals surface area (Å²) in [5.74, 6) is 0.668. The monoisotopic (exact) mass is 276 g/mol. The predicted molar refractivity (Wildman–Crippen MR) is 82.0 cm³/mol. The van der Waals surface area contributed by atoms with Crippen molar-refractivity contribution in [2.75, 3.05) is 24.4 Å². The van der Waals surface area contributed by atoms with Gasteiger partial charge in [0.1, 0.15) is 6.61 Å². The normalized spacial score (nSPS) is 22.3. The molecule has 1 aromatic rings. The summed E-state index contributed by atoms with van der Waals surface area (Å²) in [5.41, 5.74) is 1.88. The van der Waals surface area contributed by atoms with Gasteiger partial charge in [-0.2, -0.15) is 0 Å². The first-order valence-corrected chi connectivity index (χ1v) is 7.32. The van der Waals surface area contributed by atoms with E-state index in [1.807, 2.05) is 24.3 Å². The molecular formula is C16H24N2O2. The molecule has 1 aliphatic carbocycles. The third kappa shape index (κ3) is 4.53. The molecule has 110 valence electrons. The van der Waals surface area contributed by atoms with E-state index < -0.39 is 0 Å². The highest BCUT2D eigenvalue weighted by Crippen LogP contribution is 2.26. The van der Waals surface area contributed by atoms with E-state index in [2.05, 4.69) is 17.6 Å². The van der Waals surface area contributed by atoms with Gasteiger partial charge in [0.2, 0.25) is 5.91 Å². The van der Waals surface area contributed by atoms with Crippen LogP contribution in [0.1, 0.15) is 32.6 Å². The van der Waals surface area contributed by atoms with Crippen LogP contribution in [0, 0.1) is 5.92 Å². The van der Waals surface area contributed by atoms with Crippen LogP contribution in [0.5, 0.6) is 0 Å². The molecule has 0 heterocycles. The zero-order chi connectivity index (χ0) is 14.4. The summed E-state index contributed by atoms with van der Waals surface area (Å²) in [5, 5.41) is 6.40. The van der Waals surface area contributed by atoms with Crippen molar-refractivity contribution in [3.63, 3.8) is 0 Å². The number of rotatable bonds is 5. The standard InChI is InChI=1S/C16H24N2O2/c1-12-5-3-6-13(9-12)17-14-7-4-8-15(10-14)18-16(19)11-20-2/h4,7-8,10,12-13,17H,3,5-6,9,11H2,1-2H3,(H,18,19). The Morgan fingerprint density at radius 1 is 1.35 bits per heavy atom. The molecule has 0 aliphatic heterocycles. The van der Waals surface area contributed by atoms with Crippen LogP contribution in [0.3, 0.4) is 0 Å². The number of carbonyl (C=O) groups is 1. The maximum atomic E-state index is 11.5. The van der Waals surface area contributed by atoms with Crippen LogP contribution in [0.15, 0.2) is 24.3 Å². The maximum Gasteiger partial charge on any atom is 0.250 e. The second kappa shape index (κ2) is 7.29. The van der Waals surface area contributed by atoms with Crippen molar-refractivity contribution >= 4 is 17.3 Å². The lowest BCUT2D eigenvalue weighted by atomic mass is 9.87. The lowest BCUT2D eigenvalue weighted by Crippen LogP contribution is -2.26. The van der Waals surface area contributed by atoms with E-state index in [1.165, 1.54) is 32.8 Å². The van der Waals surface area contributed by atoms with Crippen LogP contribution in [0.25, 0.3) is 0 Å². The Bertz CT molecular complexity index is 448. The quantitative estimate of drug-likeness (QED) is 0.868. The summed E-state index contributed by atoms with van der Waals surface area (Å²) in [6, 6.07) is 8.42. The number of hydrogen-bond acceptors (Lipinski definition) is 3. The predicted octanol–water partition coefficient (Wildman–Crippen LogP) is 3.26. The number of amides is 1. The van der Waals surface area contributed by atoms with E-state index in [1.54, 1.807) is 0 Å². The Kier molecular flexibility index (Phi) is 5.41. The SMILES string of the molecule is COCC(=O)Nc1cccc(NC2CCCC(C)C2)c1. The molecule has 4 heteroatoms. The number of ether oxygens (including phenoxy) is 1. The second-order valence-corrected chi connectivity index (χ2v) is 5.68. The molecule has 20 heavy (non-hydrogen) atoms. The largest absolute Gasteiger partial charge is 0.382 e. The van der Waals surface area contributed by atoms with Gasteiger partial charge in [-0.05, 0) is 37.0 Å². The van der Waals surface area contributed by atoms with E-state index in [4.69, 9.17) is 4.74 Å². The molecule has 1 aromatic carbocycles. The van der Waals surface area contributed by atoms with Crippen molar-refractivity contribution in [2.45, 2.75) is 38.6 Å². The van der Waals surface area contributed by atoms with E-state index in [-0.39, 0.29) is 12.5 Å². The van der Waals surface area contributed by atoms with Gasteiger partial charge in [-0.15, -0.1) is 0 Å². The Morgan fingerprint density at radius 3 is 2.90 bits per heavy atom. The first-order chi connectivity index (χ1) is 9.67. The van der Waals surface area contributed by atoms with Gasteiger partial charge in [0.15, 0.2) is 0 Å². The molecule has 1 saturated carbocycles. The second-order valence-electron chi connectivity index (χ2n) is 5.68. The Balaban J connectivity index is 1.93. The van der Waals surface area contributed by atoms with Crippen molar-refractivity contribution in [3.8, 4) is 0 Å². The van der Waals surface area contributed by atoms with Gasteiger partial charge in [-0.25, -0.2) is 0 Å². The van der Waals surface area contributed by atoms with Gasteiger partial charge in [0, 0.05) is 24.5 Å². The van der Waals surface area contributed by atoms with Crippen LogP contribution in [0.4, 0.5) is 11.4 Å². The molecule has 0 saturated heterocycles. The van der Waals surface area contributed by atoms with Crippen molar-refractivity contribution in [2.24, 2.45) is 5.92 Å². The number of benzene rings is 1. The van der Waals surface area contributed by atoms with Crippen LogP contribution in [-0.4, -0.2) is 25.7 Å². The summed E-state index contributed by atoms with van der Waals surface area (Å²) >= 11 is 0. The van der Waals surface area contributed by atoms with E-state index in [0.717, 1.165) is 17.3 Å². The molecule has 2 rings (SSSR count). The van der Waals surface area contributed by atoms with Crippen molar-refractivity contribution in [3.05, 3.63) is 24.3 Å². The van der Waals surface area contributed by atoms with Crippen molar-refractivity contribution in [1.82, 2.24) is 0 Å². The Labute approximate surface area is 120 Å². The summed E-state index contributed by atoms with van der Waals surface area (Å²) in [6.07, 6.45) is 5.08. The highest BCUT2D eigenvalue weighted by atomic mass is 16.5. The molecule has 0 bridgehead atoms. The van der Waals surface area contributed by atoms with Crippen molar-refractivity contribution < 1.29 is 9.53 Å². The zero-order valence-corrected chi connectivity index (χ0v) is 12.3. The van der Waals surface area contributed by atoms with Gasteiger partial charge in [0.25, 0.3) is 0 Å². The van der Waals surface area contributed by atoms with Crippen LogP contribution in [-0.2, 0) is 9.53 Å². The number of anilines is 2. The highest BCUT2D eigenvalue weighted by molar-refractivity contribution is 5.92. The third-order valence-corrected chi connectivity index (χ3v) is 3.73. The summed E-state index contributed by atoms with van der Waals surface area (Å²) in [6.45, 7) is 2.40. The lowest BCUT2D eigenvalue weighted by molar-refractivity contribution is -0.119. The molecule has 2 N–H and O–H groups in total. The summed E-state index contributed by atoms with van der Waals surface area (Å²) in [7, 11) is 1.52. The van der Waals surface area contributed by atoms with E-state index in [0.29, 0.717) is 6.04 Å². The van der Waals surface area contributed by atoms with Crippen molar-refractivity contribution in [1.29, 1.82) is 0 Å². The third-order valence-electron chi connectivity index (χ3n) is 3.73. The molecule has 0 spiro atoms. The van der Waals surface area contributed by atoms with E-state index in [9.17, 15) is 4.79 Å². The topological polar surface area (TPSA) is 50.4 Å². The average molecular weight is 276 g/mol. The minimum absolute atomic E-state index is 0.0811. The summed E-state index contributed by atoms with van der Waals surface area (Å²) in [4.78, 5) is 11.5. The lowest BCUT2D eigenvalue weighted by Gasteiger charge is -2.28. The van der Waals surface area contributed by atoms with Gasteiger partial charge in [-0.3, -0.25) is 4.79 Å². The molecule has 1 fully saturated rings. The average Bonchev–Trinajstić information content (AvgIpc) is 2.39. The Morgan fingerprint density at radius 2 is 2.15 bits per heavy atom. The molecule has 0 aromatic heterocycles. The van der Waals surface area contributed by atoms with Crippen LogP contribution >= 0.6 is 0 Å².